The minimum atomic E-state index is 0.187. The van der Waals surface area contributed by atoms with Crippen LogP contribution in [0, 0.1) is 11.3 Å². The van der Waals surface area contributed by atoms with E-state index in [9.17, 15) is 0 Å². The number of halogens is 1. The van der Waals surface area contributed by atoms with Gasteiger partial charge in [0.1, 0.15) is 5.82 Å². The smallest absolute Gasteiger partial charge is 0.222 e. The lowest BCUT2D eigenvalue weighted by atomic mass is 10.2. The highest BCUT2D eigenvalue weighted by Crippen LogP contribution is 2.23. The second-order valence-electron chi connectivity index (χ2n) is 3.24. The van der Waals surface area contributed by atoms with Crippen molar-refractivity contribution >= 4 is 33.4 Å². The number of nitriles is 1. The van der Waals surface area contributed by atoms with Crippen molar-refractivity contribution in [2.45, 2.75) is 0 Å². The number of benzene rings is 1. The Morgan fingerprint density at radius 1 is 1.41 bits per heavy atom. The van der Waals surface area contributed by atoms with E-state index in [0.717, 1.165) is 5.69 Å². The van der Waals surface area contributed by atoms with Gasteiger partial charge in [-0.25, -0.2) is 4.98 Å². The number of nitrogen functional groups attached to an aromatic ring is 1. The maximum Gasteiger partial charge on any atom is 0.222 e. The number of hydrogen-bond donors (Lipinski definition) is 2. The van der Waals surface area contributed by atoms with Crippen molar-refractivity contribution in [2.75, 3.05) is 11.1 Å². The quantitative estimate of drug-likeness (QED) is 0.887. The van der Waals surface area contributed by atoms with Gasteiger partial charge in [-0.2, -0.15) is 10.2 Å². The zero-order valence-electron chi connectivity index (χ0n) is 8.68. The van der Waals surface area contributed by atoms with Crippen molar-refractivity contribution in [3.8, 4) is 6.07 Å². The Hall–Kier alpha value is -2.13. The molecule has 5 nitrogen and oxygen atoms in total. The van der Waals surface area contributed by atoms with Gasteiger partial charge in [0, 0.05) is 11.9 Å². The average Bonchev–Trinajstić information content (AvgIpc) is 2.34. The van der Waals surface area contributed by atoms with Crippen molar-refractivity contribution in [2.24, 2.45) is 0 Å². The van der Waals surface area contributed by atoms with Crippen LogP contribution < -0.4 is 11.1 Å². The molecule has 0 saturated carbocycles. The van der Waals surface area contributed by atoms with Gasteiger partial charge in [0.2, 0.25) is 5.95 Å². The molecule has 0 atom stereocenters. The Labute approximate surface area is 106 Å². The minimum absolute atomic E-state index is 0.187. The third-order valence-corrected chi connectivity index (χ3v) is 2.60. The van der Waals surface area contributed by atoms with E-state index in [0.29, 0.717) is 15.9 Å². The molecule has 17 heavy (non-hydrogen) atoms. The second-order valence-corrected chi connectivity index (χ2v) is 4.10. The maximum atomic E-state index is 8.79. The van der Waals surface area contributed by atoms with Crippen LogP contribution in [0.5, 0.6) is 0 Å². The molecule has 3 N–H and O–H groups in total. The average molecular weight is 290 g/mol. The van der Waals surface area contributed by atoms with Gasteiger partial charge in [0.25, 0.3) is 0 Å². The molecule has 1 heterocycles. The SMILES string of the molecule is N#Cc1cccc(Nc2nc(N)ncc2Br)c1. The molecule has 0 amide bonds. The molecule has 1 aromatic carbocycles. The molecular weight excluding hydrogens is 282 g/mol. The Balaban J connectivity index is 2.31. The standard InChI is InChI=1S/C11H8BrN5/c12-9-6-15-11(14)17-10(9)16-8-3-1-2-7(4-8)5-13/h1-4,6H,(H3,14,15,16,17). The summed E-state index contributed by atoms with van der Waals surface area (Å²) in [5.74, 6) is 0.750. The molecule has 0 aliphatic heterocycles. The number of nitrogens with zero attached hydrogens (tertiary/aromatic N) is 3. The molecule has 0 aliphatic rings. The van der Waals surface area contributed by atoms with E-state index in [-0.39, 0.29) is 5.95 Å². The van der Waals surface area contributed by atoms with E-state index < -0.39 is 0 Å². The molecule has 0 radical (unpaired) electrons. The highest BCUT2D eigenvalue weighted by molar-refractivity contribution is 9.10. The van der Waals surface area contributed by atoms with Gasteiger partial charge in [-0.05, 0) is 34.1 Å². The summed E-state index contributed by atoms with van der Waals surface area (Å²) in [5, 5.41) is 11.9. The zero-order chi connectivity index (χ0) is 12.3. The summed E-state index contributed by atoms with van der Waals surface area (Å²) < 4.78 is 0.703. The van der Waals surface area contributed by atoms with Crippen molar-refractivity contribution < 1.29 is 0 Å². The van der Waals surface area contributed by atoms with E-state index in [1.54, 1.807) is 24.4 Å². The maximum absolute atomic E-state index is 8.79. The van der Waals surface area contributed by atoms with Crippen LogP contribution in [0.2, 0.25) is 0 Å². The van der Waals surface area contributed by atoms with Crippen LogP contribution in [0.3, 0.4) is 0 Å². The summed E-state index contributed by atoms with van der Waals surface area (Å²) >= 11 is 3.32. The van der Waals surface area contributed by atoms with E-state index in [1.807, 2.05) is 6.07 Å². The summed E-state index contributed by atoms with van der Waals surface area (Å²) in [6, 6.07) is 9.16. The Morgan fingerprint density at radius 2 is 2.24 bits per heavy atom. The number of nitrogens with two attached hydrogens (primary N) is 1. The van der Waals surface area contributed by atoms with Gasteiger partial charge in [0.15, 0.2) is 0 Å². The molecule has 0 bridgehead atoms. The molecule has 0 spiro atoms. The minimum Gasteiger partial charge on any atom is -0.368 e. The van der Waals surface area contributed by atoms with Crippen molar-refractivity contribution in [3.05, 3.63) is 40.5 Å². The third-order valence-electron chi connectivity index (χ3n) is 2.02. The molecule has 84 valence electrons. The van der Waals surface area contributed by atoms with E-state index in [4.69, 9.17) is 11.0 Å². The van der Waals surface area contributed by atoms with Gasteiger partial charge >= 0.3 is 0 Å². The number of aromatic nitrogens is 2. The fraction of sp³-hybridized carbons (Fsp3) is 0. The van der Waals surface area contributed by atoms with Crippen LogP contribution in [0.25, 0.3) is 0 Å². The highest BCUT2D eigenvalue weighted by Gasteiger charge is 2.04. The normalized spacial score (nSPS) is 9.65. The summed E-state index contributed by atoms with van der Waals surface area (Å²) in [7, 11) is 0. The van der Waals surface area contributed by atoms with Crippen molar-refractivity contribution in [1.29, 1.82) is 5.26 Å². The summed E-state index contributed by atoms with van der Waals surface area (Å²) in [6.45, 7) is 0. The van der Waals surface area contributed by atoms with Gasteiger partial charge in [-0.1, -0.05) is 6.07 Å². The molecular formula is C11H8BrN5. The van der Waals surface area contributed by atoms with E-state index in [2.05, 4.69) is 37.3 Å². The third kappa shape index (κ3) is 2.71. The van der Waals surface area contributed by atoms with Crippen LogP contribution in [0.15, 0.2) is 34.9 Å². The topological polar surface area (TPSA) is 87.6 Å². The first-order valence-corrected chi connectivity index (χ1v) is 5.53. The fourth-order valence-electron chi connectivity index (χ4n) is 1.27. The Bertz CT molecular complexity index is 591. The molecule has 6 heteroatoms. The summed E-state index contributed by atoms with van der Waals surface area (Å²) in [4.78, 5) is 7.89. The van der Waals surface area contributed by atoms with Gasteiger partial charge in [-0.15, -0.1) is 0 Å². The monoisotopic (exact) mass is 289 g/mol. The van der Waals surface area contributed by atoms with Gasteiger partial charge in [0.05, 0.1) is 16.1 Å². The number of anilines is 3. The van der Waals surface area contributed by atoms with E-state index >= 15 is 0 Å². The molecule has 0 fully saturated rings. The molecule has 0 aliphatic carbocycles. The highest BCUT2D eigenvalue weighted by atomic mass is 79.9. The predicted molar refractivity (Wildman–Crippen MR) is 68.6 cm³/mol. The predicted octanol–water partition coefficient (Wildman–Crippen LogP) is 2.44. The molecule has 0 unspecified atom stereocenters. The van der Waals surface area contributed by atoms with Crippen LogP contribution in [-0.4, -0.2) is 9.97 Å². The second kappa shape index (κ2) is 4.80. The zero-order valence-corrected chi connectivity index (χ0v) is 10.3. The molecule has 1 aromatic heterocycles. The largest absolute Gasteiger partial charge is 0.368 e. The summed E-state index contributed by atoms with van der Waals surface area (Å²) in [6.07, 6.45) is 1.57. The van der Waals surface area contributed by atoms with Crippen LogP contribution in [0.4, 0.5) is 17.5 Å². The number of rotatable bonds is 2. The Kier molecular flexibility index (Phi) is 3.21. The van der Waals surface area contributed by atoms with Crippen LogP contribution in [0.1, 0.15) is 5.56 Å². The lowest BCUT2D eigenvalue weighted by molar-refractivity contribution is 1.17. The van der Waals surface area contributed by atoms with Crippen LogP contribution >= 0.6 is 15.9 Å². The van der Waals surface area contributed by atoms with Crippen LogP contribution in [-0.2, 0) is 0 Å². The number of nitrogens with one attached hydrogen (secondary N) is 1. The number of hydrogen-bond acceptors (Lipinski definition) is 5. The van der Waals surface area contributed by atoms with Gasteiger partial charge in [-0.3, -0.25) is 0 Å². The fourth-order valence-corrected chi connectivity index (χ4v) is 1.56. The lowest BCUT2D eigenvalue weighted by Gasteiger charge is -2.07. The molecule has 2 rings (SSSR count). The summed E-state index contributed by atoms with van der Waals surface area (Å²) in [5.41, 5.74) is 6.85. The van der Waals surface area contributed by atoms with Crippen molar-refractivity contribution in [3.63, 3.8) is 0 Å². The molecule has 2 aromatic rings. The Morgan fingerprint density at radius 3 is 3.00 bits per heavy atom. The first kappa shape index (κ1) is 11.4. The van der Waals surface area contributed by atoms with E-state index in [1.165, 1.54) is 0 Å². The first-order chi connectivity index (χ1) is 8.19. The molecule has 0 saturated heterocycles. The van der Waals surface area contributed by atoms with Gasteiger partial charge < -0.3 is 11.1 Å². The lowest BCUT2D eigenvalue weighted by Crippen LogP contribution is -2.00. The van der Waals surface area contributed by atoms with Crippen molar-refractivity contribution in [1.82, 2.24) is 9.97 Å². The first-order valence-electron chi connectivity index (χ1n) is 4.74.